The van der Waals surface area contributed by atoms with Crippen LogP contribution in [0.15, 0.2) is 35.5 Å². The molecule has 2 aliphatic rings. The first kappa shape index (κ1) is 21.4. The maximum absolute atomic E-state index is 12.8. The number of hydrazine groups is 1. The molecular formula is C21H26N6O3S. The van der Waals surface area contributed by atoms with Gasteiger partial charge in [-0.1, -0.05) is 49.0 Å². The van der Waals surface area contributed by atoms with E-state index in [0.717, 1.165) is 29.2 Å². The number of benzene rings is 1. The number of aromatic nitrogens is 3. The smallest absolute Gasteiger partial charge is 0.322 e. The van der Waals surface area contributed by atoms with Crippen LogP contribution >= 0.6 is 11.8 Å². The number of carbonyl (C=O) groups is 3. The van der Waals surface area contributed by atoms with Crippen LogP contribution in [0, 0.1) is 5.92 Å². The van der Waals surface area contributed by atoms with Crippen molar-refractivity contribution in [3.8, 4) is 0 Å². The second-order valence-electron chi connectivity index (χ2n) is 8.28. The lowest BCUT2D eigenvalue weighted by atomic mass is 9.77. The molecule has 0 radical (unpaired) electrons. The van der Waals surface area contributed by atoms with Crippen molar-refractivity contribution in [1.29, 1.82) is 0 Å². The first-order valence-electron chi connectivity index (χ1n) is 10.4. The third-order valence-electron chi connectivity index (χ3n) is 5.99. The fourth-order valence-electron chi connectivity index (χ4n) is 4.01. The number of amides is 4. The molecule has 1 saturated carbocycles. The van der Waals surface area contributed by atoms with Crippen molar-refractivity contribution in [3.63, 3.8) is 0 Å². The van der Waals surface area contributed by atoms with Crippen LogP contribution in [0.25, 0.3) is 0 Å². The molecule has 1 aromatic carbocycles. The molecule has 1 spiro atoms. The van der Waals surface area contributed by atoms with Crippen LogP contribution in [0.4, 0.5) is 4.79 Å². The van der Waals surface area contributed by atoms with Crippen molar-refractivity contribution < 1.29 is 14.4 Å². The zero-order chi connectivity index (χ0) is 22.0. The molecule has 31 heavy (non-hydrogen) atoms. The van der Waals surface area contributed by atoms with Crippen LogP contribution in [-0.4, -0.2) is 48.9 Å². The Kier molecular flexibility index (Phi) is 5.99. The van der Waals surface area contributed by atoms with Gasteiger partial charge in [-0.3, -0.25) is 15.0 Å². The van der Waals surface area contributed by atoms with Gasteiger partial charge in [0, 0.05) is 13.5 Å². The van der Waals surface area contributed by atoms with Crippen molar-refractivity contribution in [2.75, 3.05) is 5.75 Å². The molecule has 1 aliphatic heterocycles. The number of hydrogen-bond donors (Lipinski definition) is 2. The number of nitrogens with one attached hydrogen (secondary N) is 2. The van der Waals surface area contributed by atoms with E-state index in [2.05, 4.69) is 27.9 Å². The molecule has 4 rings (SSSR count). The molecule has 1 aliphatic carbocycles. The fourth-order valence-corrected chi connectivity index (χ4v) is 4.73. The average Bonchev–Trinajstić information content (AvgIpc) is 3.22. The van der Waals surface area contributed by atoms with E-state index in [9.17, 15) is 14.4 Å². The Morgan fingerprint density at radius 2 is 1.94 bits per heavy atom. The molecule has 2 N–H and O–H groups in total. The molecule has 4 amide bonds. The van der Waals surface area contributed by atoms with E-state index in [1.165, 1.54) is 11.8 Å². The van der Waals surface area contributed by atoms with Crippen LogP contribution in [0.3, 0.4) is 0 Å². The van der Waals surface area contributed by atoms with Crippen LogP contribution in [0.2, 0.25) is 0 Å². The zero-order valence-corrected chi connectivity index (χ0v) is 18.4. The van der Waals surface area contributed by atoms with E-state index in [1.807, 2.05) is 41.9 Å². The Morgan fingerprint density at radius 1 is 1.23 bits per heavy atom. The fraction of sp³-hybridized carbons (Fsp3) is 0.476. The van der Waals surface area contributed by atoms with E-state index < -0.39 is 17.5 Å². The van der Waals surface area contributed by atoms with Gasteiger partial charge in [0.1, 0.15) is 11.4 Å². The minimum absolute atomic E-state index is 0.0123. The second kappa shape index (κ2) is 8.70. The molecule has 1 aromatic heterocycles. The molecule has 2 fully saturated rings. The standard InChI is InChI=1S/C21H26N6O3S/c1-14-8-10-21(11-9-14)18(29)27(19(30)22-21)25-17(28)13-31-20-24-23-16(26(20)2)12-15-6-4-3-5-7-15/h3-7,14H,8-13H2,1-2H3,(H,22,30)(H,25,28). The summed E-state index contributed by atoms with van der Waals surface area (Å²) in [5.41, 5.74) is 2.70. The highest BCUT2D eigenvalue weighted by atomic mass is 32.2. The number of imide groups is 1. The third-order valence-corrected chi connectivity index (χ3v) is 7.01. The Bertz CT molecular complexity index is 984. The lowest BCUT2D eigenvalue weighted by Gasteiger charge is -2.33. The molecule has 10 heteroatoms. The zero-order valence-electron chi connectivity index (χ0n) is 17.6. The first-order chi connectivity index (χ1) is 14.9. The molecule has 0 unspecified atom stereocenters. The van der Waals surface area contributed by atoms with Crippen LogP contribution in [0.5, 0.6) is 0 Å². The molecule has 2 heterocycles. The Morgan fingerprint density at radius 3 is 2.65 bits per heavy atom. The summed E-state index contributed by atoms with van der Waals surface area (Å²) in [4.78, 5) is 37.6. The summed E-state index contributed by atoms with van der Waals surface area (Å²) < 4.78 is 1.84. The van der Waals surface area contributed by atoms with Gasteiger partial charge in [0.25, 0.3) is 5.91 Å². The monoisotopic (exact) mass is 442 g/mol. The normalized spacial score (nSPS) is 23.3. The highest BCUT2D eigenvalue weighted by Gasteiger charge is 2.52. The SMILES string of the molecule is CC1CCC2(CC1)NC(=O)N(NC(=O)CSc1nnc(Cc3ccccc3)n1C)C2=O. The largest absolute Gasteiger partial charge is 0.344 e. The minimum atomic E-state index is -0.875. The van der Waals surface area contributed by atoms with Gasteiger partial charge in [-0.15, -0.1) is 10.2 Å². The number of thioether (sulfide) groups is 1. The summed E-state index contributed by atoms with van der Waals surface area (Å²) in [6.07, 6.45) is 3.59. The highest BCUT2D eigenvalue weighted by Crippen LogP contribution is 2.35. The second-order valence-corrected chi connectivity index (χ2v) is 9.22. The van der Waals surface area contributed by atoms with Crippen molar-refractivity contribution in [2.45, 2.75) is 49.7 Å². The number of urea groups is 1. The first-order valence-corrected chi connectivity index (χ1v) is 11.4. The molecule has 0 bridgehead atoms. The maximum atomic E-state index is 12.8. The molecule has 1 saturated heterocycles. The Hall–Kier alpha value is -2.88. The van der Waals surface area contributed by atoms with Gasteiger partial charge in [-0.25, -0.2) is 4.79 Å². The Balaban J connectivity index is 1.33. The lowest BCUT2D eigenvalue weighted by Crippen LogP contribution is -2.51. The maximum Gasteiger partial charge on any atom is 0.344 e. The van der Waals surface area contributed by atoms with Crippen LogP contribution in [0.1, 0.15) is 44.0 Å². The highest BCUT2D eigenvalue weighted by molar-refractivity contribution is 7.99. The lowest BCUT2D eigenvalue weighted by molar-refractivity contribution is -0.139. The van der Waals surface area contributed by atoms with E-state index >= 15 is 0 Å². The van der Waals surface area contributed by atoms with Gasteiger partial charge in [0.15, 0.2) is 5.16 Å². The molecule has 2 aromatic rings. The van der Waals surface area contributed by atoms with Crippen LogP contribution < -0.4 is 10.7 Å². The van der Waals surface area contributed by atoms with Gasteiger partial charge in [-0.2, -0.15) is 5.01 Å². The number of carbonyl (C=O) groups excluding carboxylic acids is 3. The van der Waals surface area contributed by atoms with E-state index in [-0.39, 0.29) is 11.7 Å². The quantitative estimate of drug-likeness (QED) is 0.523. The van der Waals surface area contributed by atoms with Gasteiger partial charge in [0.2, 0.25) is 5.91 Å². The third kappa shape index (κ3) is 4.43. The Labute approximate surface area is 184 Å². The summed E-state index contributed by atoms with van der Waals surface area (Å²) in [6.45, 7) is 2.14. The molecule has 0 atom stereocenters. The van der Waals surface area contributed by atoms with Gasteiger partial charge in [-0.05, 0) is 37.2 Å². The average molecular weight is 443 g/mol. The van der Waals surface area contributed by atoms with E-state index in [0.29, 0.717) is 30.3 Å². The topological polar surface area (TPSA) is 109 Å². The van der Waals surface area contributed by atoms with Crippen molar-refractivity contribution in [1.82, 2.24) is 30.5 Å². The van der Waals surface area contributed by atoms with Crippen molar-refractivity contribution in [3.05, 3.63) is 41.7 Å². The number of hydrogen-bond acceptors (Lipinski definition) is 6. The van der Waals surface area contributed by atoms with E-state index in [4.69, 9.17) is 0 Å². The number of nitrogens with zero attached hydrogens (tertiary/aromatic N) is 4. The predicted octanol–water partition coefficient (Wildman–Crippen LogP) is 2.03. The van der Waals surface area contributed by atoms with E-state index in [1.54, 1.807) is 0 Å². The van der Waals surface area contributed by atoms with Gasteiger partial charge >= 0.3 is 6.03 Å². The molecule has 164 valence electrons. The predicted molar refractivity (Wildman–Crippen MR) is 115 cm³/mol. The van der Waals surface area contributed by atoms with Crippen LogP contribution in [-0.2, 0) is 23.1 Å². The summed E-state index contributed by atoms with van der Waals surface area (Å²) in [7, 11) is 1.85. The summed E-state index contributed by atoms with van der Waals surface area (Å²) in [5, 5.41) is 12.6. The summed E-state index contributed by atoms with van der Waals surface area (Å²) in [6, 6.07) is 9.38. The van der Waals surface area contributed by atoms with Gasteiger partial charge < -0.3 is 9.88 Å². The van der Waals surface area contributed by atoms with Crippen molar-refractivity contribution in [2.24, 2.45) is 13.0 Å². The minimum Gasteiger partial charge on any atom is -0.322 e. The van der Waals surface area contributed by atoms with Crippen molar-refractivity contribution >= 4 is 29.6 Å². The summed E-state index contributed by atoms with van der Waals surface area (Å²) >= 11 is 1.21. The van der Waals surface area contributed by atoms with Gasteiger partial charge in [0.05, 0.1) is 5.75 Å². The summed E-state index contributed by atoms with van der Waals surface area (Å²) in [5.74, 6) is 0.525. The number of rotatable bonds is 6. The molecule has 9 nitrogen and oxygen atoms in total. The molecular weight excluding hydrogens is 416 g/mol.